The van der Waals surface area contributed by atoms with E-state index < -0.39 is 24.9 Å². The summed E-state index contributed by atoms with van der Waals surface area (Å²) in [6, 6.07) is 0. The molecule has 0 amide bonds. The molecule has 72 valence electrons. The van der Waals surface area contributed by atoms with Crippen molar-refractivity contribution in [2.24, 2.45) is 0 Å². The van der Waals surface area contributed by atoms with Crippen LogP contribution in [0.3, 0.4) is 0 Å². The van der Waals surface area contributed by atoms with Crippen LogP contribution in [0.5, 0.6) is 0 Å². The van der Waals surface area contributed by atoms with Crippen LogP contribution in [0.25, 0.3) is 0 Å². The molecule has 0 radical (unpaired) electrons. The summed E-state index contributed by atoms with van der Waals surface area (Å²) in [6.45, 7) is 4.07. The minimum atomic E-state index is -4.41. The van der Waals surface area contributed by atoms with Crippen molar-refractivity contribution < 1.29 is 22.3 Å². The maximum atomic E-state index is 12.4. The lowest BCUT2D eigenvalue weighted by molar-refractivity contribution is -0.160. The molecule has 0 aromatic carbocycles. The Morgan fingerprint density at radius 3 is 2.25 bits per heavy atom. The minimum absolute atomic E-state index is 0.812. The highest BCUT2D eigenvalue weighted by atomic mass is 19.4. The second-order valence-corrected chi connectivity index (χ2v) is 2.34. The van der Waals surface area contributed by atoms with Gasteiger partial charge in [-0.05, 0) is 6.92 Å². The zero-order chi connectivity index (χ0) is 9.78. The Kier molecular flexibility index (Phi) is 4.06. The fourth-order valence-electron chi connectivity index (χ4n) is 0.670. The molecule has 12 heavy (non-hydrogen) atoms. The molecule has 0 aromatic rings. The zero-order valence-corrected chi connectivity index (χ0v) is 6.57. The first-order valence-electron chi connectivity index (χ1n) is 3.34. The fourth-order valence-corrected chi connectivity index (χ4v) is 0.670. The molecule has 0 aliphatic carbocycles. The highest BCUT2D eigenvalue weighted by Crippen LogP contribution is 2.25. The number of hydrogen-bond acceptors (Lipinski definition) is 1. The monoisotopic (exact) mass is 186 g/mol. The van der Waals surface area contributed by atoms with Crippen LogP contribution in [0.2, 0.25) is 0 Å². The number of hydrogen-bond donors (Lipinski definition) is 0. The van der Waals surface area contributed by atoms with E-state index in [0.29, 0.717) is 0 Å². The van der Waals surface area contributed by atoms with Gasteiger partial charge in [0, 0.05) is 0 Å². The first-order chi connectivity index (χ1) is 5.37. The van der Waals surface area contributed by atoms with E-state index in [1.807, 2.05) is 0 Å². The predicted octanol–water partition coefficient (Wildman–Crippen LogP) is 2.83. The van der Waals surface area contributed by atoms with Crippen molar-refractivity contribution in [3.05, 3.63) is 12.8 Å². The van der Waals surface area contributed by atoms with Gasteiger partial charge in [-0.3, -0.25) is 0 Å². The molecule has 0 rings (SSSR count). The van der Waals surface area contributed by atoms with E-state index in [9.17, 15) is 17.6 Å². The first kappa shape index (κ1) is 11.3. The molecule has 2 unspecified atom stereocenters. The number of ether oxygens (including phenoxy) is 1. The molecule has 0 saturated carbocycles. The van der Waals surface area contributed by atoms with Gasteiger partial charge in [0.05, 0.1) is 12.7 Å². The van der Waals surface area contributed by atoms with Crippen molar-refractivity contribution in [1.82, 2.24) is 0 Å². The summed E-state index contributed by atoms with van der Waals surface area (Å²) in [7, 11) is 0. The van der Waals surface area contributed by atoms with E-state index in [1.54, 1.807) is 0 Å². The van der Waals surface area contributed by atoms with Crippen LogP contribution >= 0.6 is 0 Å². The van der Waals surface area contributed by atoms with Crippen molar-refractivity contribution in [3.8, 4) is 0 Å². The Hall–Kier alpha value is -0.740. The lowest BCUT2D eigenvalue weighted by atomic mass is 10.2. The van der Waals surface area contributed by atoms with Gasteiger partial charge in [-0.15, -0.1) is 0 Å². The summed E-state index contributed by atoms with van der Waals surface area (Å²) in [4.78, 5) is 0. The SMILES string of the molecule is C=COC(CC(F)(F)F)C(C)F. The Bertz CT molecular complexity index is 141. The third-order valence-electron chi connectivity index (χ3n) is 1.22. The van der Waals surface area contributed by atoms with Crippen molar-refractivity contribution >= 4 is 0 Å². The molecule has 0 bridgehead atoms. The second-order valence-electron chi connectivity index (χ2n) is 2.34. The van der Waals surface area contributed by atoms with Gasteiger partial charge in [-0.25, -0.2) is 4.39 Å². The number of halogens is 4. The summed E-state index contributed by atoms with van der Waals surface area (Å²) in [6.07, 6.45) is -8.04. The van der Waals surface area contributed by atoms with Crippen molar-refractivity contribution in [3.63, 3.8) is 0 Å². The maximum Gasteiger partial charge on any atom is 0.392 e. The summed E-state index contributed by atoms with van der Waals surface area (Å²) in [5.41, 5.74) is 0. The van der Waals surface area contributed by atoms with Crippen molar-refractivity contribution in [2.75, 3.05) is 0 Å². The van der Waals surface area contributed by atoms with Crippen LogP contribution in [-0.4, -0.2) is 18.5 Å². The van der Waals surface area contributed by atoms with E-state index in [4.69, 9.17) is 0 Å². The second kappa shape index (κ2) is 4.33. The van der Waals surface area contributed by atoms with Crippen LogP contribution in [-0.2, 0) is 4.74 Å². The Morgan fingerprint density at radius 2 is 2.00 bits per heavy atom. The lowest BCUT2D eigenvalue weighted by Gasteiger charge is -2.18. The number of rotatable bonds is 4. The maximum absolute atomic E-state index is 12.4. The molecule has 0 heterocycles. The average molecular weight is 186 g/mol. The van der Waals surface area contributed by atoms with Crippen LogP contribution in [0, 0.1) is 0 Å². The van der Waals surface area contributed by atoms with Crippen molar-refractivity contribution in [1.29, 1.82) is 0 Å². The Morgan fingerprint density at radius 1 is 1.50 bits per heavy atom. The van der Waals surface area contributed by atoms with Crippen LogP contribution in [0.15, 0.2) is 12.8 Å². The molecule has 0 N–H and O–H groups in total. The van der Waals surface area contributed by atoms with E-state index in [1.165, 1.54) is 0 Å². The van der Waals surface area contributed by atoms with Gasteiger partial charge in [-0.1, -0.05) is 6.58 Å². The molecule has 1 nitrogen and oxygen atoms in total. The van der Waals surface area contributed by atoms with Gasteiger partial charge in [-0.2, -0.15) is 13.2 Å². The topological polar surface area (TPSA) is 9.23 Å². The molecule has 0 fully saturated rings. The van der Waals surface area contributed by atoms with Gasteiger partial charge < -0.3 is 4.74 Å². The minimum Gasteiger partial charge on any atom is -0.495 e. The van der Waals surface area contributed by atoms with Crippen LogP contribution in [0.4, 0.5) is 17.6 Å². The van der Waals surface area contributed by atoms with Crippen molar-refractivity contribution in [2.45, 2.75) is 31.8 Å². The van der Waals surface area contributed by atoms with Gasteiger partial charge in [0.1, 0.15) is 12.3 Å². The van der Waals surface area contributed by atoms with Gasteiger partial charge in [0.15, 0.2) is 0 Å². The summed E-state index contributed by atoms with van der Waals surface area (Å²) in [5.74, 6) is 0. The quantitative estimate of drug-likeness (QED) is 0.484. The predicted molar refractivity (Wildman–Crippen MR) is 36.3 cm³/mol. The first-order valence-corrected chi connectivity index (χ1v) is 3.34. The standard InChI is InChI=1S/C7H10F4O/c1-3-12-6(5(2)8)4-7(9,10)11/h3,5-6H,1,4H2,2H3. The molecular weight excluding hydrogens is 176 g/mol. The molecule has 0 spiro atoms. The van der Waals surface area contributed by atoms with Gasteiger partial charge >= 0.3 is 6.18 Å². The summed E-state index contributed by atoms with van der Waals surface area (Å²) in [5, 5.41) is 0. The fraction of sp³-hybridized carbons (Fsp3) is 0.714. The summed E-state index contributed by atoms with van der Waals surface area (Å²) < 4.78 is 51.9. The molecule has 5 heteroatoms. The van der Waals surface area contributed by atoms with Crippen LogP contribution in [0.1, 0.15) is 13.3 Å². The highest BCUT2D eigenvalue weighted by molar-refractivity contribution is 4.72. The third kappa shape index (κ3) is 4.98. The largest absolute Gasteiger partial charge is 0.495 e. The molecule has 0 aliphatic rings. The van der Waals surface area contributed by atoms with E-state index in [-0.39, 0.29) is 0 Å². The smallest absolute Gasteiger partial charge is 0.392 e. The molecule has 0 aromatic heterocycles. The molecule has 0 aliphatic heterocycles. The van der Waals surface area contributed by atoms with Gasteiger partial charge in [0.2, 0.25) is 0 Å². The van der Waals surface area contributed by atoms with Crippen LogP contribution < -0.4 is 0 Å². The molecule has 0 saturated heterocycles. The Labute approximate surface area is 68.0 Å². The normalized spacial score (nSPS) is 16.8. The zero-order valence-electron chi connectivity index (χ0n) is 6.57. The lowest BCUT2D eigenvalue weighted by Crippen LogP contribution is -2.28. The number of alkyl halides is 4. The van der Waals surface area contributed by atoms with E-state index >= 15 is 0 Å². The third-order valence-corrected chi connectivity index (χ3v) is 1.22. The summed E-state index contributed by atoms with van der Waals surface area (Å²) >= 11 is 0. The Balaban J connectivity index is 4.04. The van der Waals surface area contributed by atoms with E-state index in [0.717, 1.165) is 13.2 Å². The highest BCUT2D eigenvalue weighted by Gasteiger charge is 2.35. The average Bonchev–Trinajstić information content (AvgIpc) is 1.83. The molecular formula is C7H10F4O. The molecule has 2 atom stereocenters. The van der Waals surface area contributed by atoms with E-state index in [2.05, 4.69) is 11.3 Å². The van der Waals surface area contributed by atoms with Gasteiger partial charge in [0.25, 0.3) is 0 Å².